The third kappa shape index (κ3) is 12.0. The molecule has 0 aliphatic rings. The third-order valence-corrected chi connectivity index (χ3v) is 3.29. The van der Waals surface area contributed by atoms with Gasteiger partial charge in [0.1, 0.15) is 0 Å². The Bertz CT molecular complexity index is 123. The van der Waals surface area contributed by atoms with Crippen LogP contribution in [0.1, 0.15) is 78.6 Å². The van der Waals surface area contributed by atoms with E-state index < -0.39 is 0 Å². The fraction of sp³-hybridized carbons (Fsp3) is 1.00. The number of hydrogen-bond donors (Lipinski definition) is 1. The topological polar surface area (TPSA) is 12.0 Å². The summed E-state index contributed by atoms with van der Waals surface area (Å²) in [6.07, 6.45) is 12.9. The van der Waals surface area contributed by atoms with Gasteiger partial charge < -0.3 is 5.32 Å². The highest BCUT2D eigenvalue weighted by molar-refractivity contribution is 4.56. The molecule has 0 bridgehead atoms. The Morgan fingerprint density at radius 1 is 0.812 bits per heavy atom. The highest BCUT2D eigenvalue weighted by Gasteiger charge is 2.00. The molecule has 1 nitrogen and oxygen atoms in total. The Morgan fingerprint density at radius 3 is 1.94 bits per heavy atom. The van der Waals surface area contributed by atoms with Crippen LogP contribution in [0.25, 0.3) is 0 Å². The SMILES string of the molecule is CCCCCCCCCCC(C)CNCC. The lowest BCUT2D eigenvalue weighted by Gasteiger charge is -2.11. The monoisotopic (exact) mass is 227 g/mol. The molecule has 0 aromatic rings. The first-order chi connectivity index (χ1) is 7.81. The Balaban J connectivity index is 3.02. The van der Waals surface area contributed by atoms with Crippen LogP contribution in [0.4, 0.5) is 0 Å². The summed E-state index contributed by atoms with van der Waals surface area (Å²) in [6, 6.07) is 0. The van der Waals surface area contributed by atoms with Crippen LogP contribution in [-0.4, -0.2) is 13.1 Å². The average molecular weight is 227 g/mol. The van der Waals surface area contributed by atoms with E-state index in [1.54, 1.807) is 0 Å². The van der Waals surface area contributed by atoms with E-state index in [-0.39, 0.29) is 0 Å². The van der Waals surface area contributed by atoms with Gasteiger partial charge in [-0.15, -0.1) is 0 Å². The molecule has 16 heavy (non-hydrogen) atoms. The second-order valence-corrected chi connectivity index (χ2v) is 5.18. The van der Waals surface area contributed by atoms with Crippen LogP contribution in [0, 0.1) is 5.92 Å². The maximum atomic E-state index is 3.42. The van der Waals surface area contributed by atoms with Crippen molar-refractivity contribution in [2.75, 3.05) is 13.1 Å². The van der Waals surface area contributed by atoms with Gasteiger partial charge in [-0.25, -0.2) is 0 Å². The van der Waals surface area contributed by atoms with Gasteiger partial charge in [0.2, 0.25) is 0 Å². The third-order valence-electron chi connectivity index (χ3n) is 3.29. The number of hydrogen-bond acceptors (Lipinski definition) is 1. The van der Waals surface area contributed by atoms with Gasteiger partial charge in [0.25, 0.3) is 0 Å². The molecule has 0 heterocycles. The minimum absolute atomic E-state index is 0.861. The lowest BCUT2D eigenvalue weighted by Crippen LogP contribution is -2.20. The van der Waals surface area contributed by atoms with E-state index in [2.05, 4.69) is 26.1 Å². The molecule has 1 atom stereocenters. The van der Waals surface area contributed by atoms with E-state index in [1.165, 1.54) is 64.3 Å². The first-order valence-corrected chi connectivity index (χ1v) is 7.52. The molecule has 1 unspecified atom stereocenters. The van der Waals surface area contributed by atoms with Crippen molar-refractivity contribution in [3.05, 3.63) is 0 Å². The van der Waals surface area contributed by atoms with E-state index >= 15 is 0 Å². The van der Waals surface area contributed by atoms with E-state index in [0.29, 0.717) is 0 Å². The molecule has 0 saturated carbocycles. The smallest absolute Gasteiger partial charge is 0.00233 e. The van der Waals surface area contributed by atoms with Crippen LogP contribution in [0.3, 0.4) is 0 Å². The lowest BCUT2D eigenvalue weighted by molar-refractivity contribution is 0.455. The Kier molecular flexibility index (Phi) is 13.0. The van der Waals surface area contributed by atoms with Crippen molar-refractivity contribution >= 4 is 0 Å². The summed E-state index contributed by atoms with van der Waals surface area (Å²) >= 11 is 0. The zero-order valence-electron chi connectivity index (χ0n) is 11.9. The van der Waals surface area contributed by atoms with Crippen LogP contribution in [0.15, 0.2) is 0 Å². The Morgan fingerprint density at radius 2 is 1.38 bits per heavy atom. The minimum Gasteiger partial charge on any atom is -0.317 e. The van der Waals surface area contributed by atoms with Crippen molar-refractivity contribution in [3.63, 3.8) is 0 Å². The van der Waals surface area contributed by atoms with Crippen LogP contribution < -0.4 is 5.32 Å². The summed E-state index contributed by atoms with van der Waals surface area (Å²) < 4.78 is 0. The van der Waals surface area contributed by atoms with Crippen molar-refractivity contribution in [2.45, 2.75) is 78.6 Å². The summed E-state index contributed by atoms with van der Waals surface area (Å²) in [4.78, 5) is 0. The molecule has 0 amide bonds. The molecule has 0 aromatic carbocycles. The summed E-state index contributed by atoms with van der Waals surface area (Å²) in [7, 11) is 0. The molecular formula is C15H33N. The molecule has 0 aliphatic carbocycles. The molecule has 0 spiro atoms. The second-order valence-electron chi connectivity index (χ2n) is 5.18. The second kappa shape index (κ2) is 13.0. The van der Waals surface area contributed by atoms with Crippen molar-refractivity contribution in [1.82, 2.24) is 5.32 Å². The molecular weight excluding hydrogens is 194 g/mol. The Hall–Kier alpha value is -0.0400. The van der Waals surface area contributed by atoms with E-state index in [0.717, 1.165) is 12.5 Å². The van der Waals surface area contributed by atoms with Crippen LogP contribution in [-0.2, 0) is 0 Å². The zero-order chi connectivity index (χ0) is 12.1. The van der Waals surface area contributed by atoms with E-state index in [4.69, 9.17) is 0 Å². The molecule has 0 fully saturated rings. The highest BCUT2D eigenvalue weighted by Crippen LogP contribution is 2.12. The molecule has 1 heteroatoms. The molecule has 98 valence electrons. The zero-order valence-corrected chi connectivity index (χ0v) is 11.9. The predicted molar refractivity (Wildman–Crippen MR) is 74.9 cm³/mol. The van der Waals surface area contributed by atoms with E-state index in [9.17, 15) is 0 Å². The first kappa shape index (κ1) is 16.0. The lowest BCUT2D eigenvalue weighted by atomic mass is 10.0. The first-order valence-electron chi connectivity index (χ1n) is 7.52. The fourth-order valence-electron chi connectivity index (χ4n) is 2.12. The van der Waals surface area contributed by atoms with Crippen molar-refractivity contribution in [1.29, 1.82) is 0 Å². The summed E-state index contributed by atoms with van der Waals surface area (Å²) in [5, 5.41) is 3.42. The number of rotatable bonds is 12. The molecule has 1 N–H and O–H groups in total. The van der Waals surface area contributed by atoms with Gasteiger partial charge in [0.15, 0.2) is 0 Å². The fourth-order valence-corrected chi connectivity index (χ4v) is 2.12. The predicted octanol–water partition coefficient (Wildman–Crippen LogP) is 4.76. The highest BCUT2D eigenvalue weighted by atomic mass is 14.8. The van der Waals surface area contributed by atoms with Gasteiger partial charge >= 0.3 is 0 Å². The largest absolute Gasteiger partial charge is 0.317 e. The standard InChI is InChI=1S/C15H33N/c1-4-6-7-8-9-10-11-12-13-15(3)14-16-5-2/h15-16H,4-14H2,1-3H3. The van der Waals surface area contributed by atoms with Gasteiger partial charge in [0, 0.05) is 0 Å². The van der Waals surface area contributed by atoms with Gasteiger partial charge in [-0.2, -0.15) is 0 Å². The quantitative estimate of drug-likeness (QED) is 0.474. The summed E-state index contributed by atoms with van der Waals surface area (Å²) in [5.41, 5.74) is 0. The van der Waals surface area contributed by atoms with Crippen molar-refractivity contribution in [2.24, 2.45) is 5.92 Å². The number of unbranched alkanes of at least 4 members (excludes halogenated alkanes) is 7. The summed E-state index contributed by atoms with van der Waals surface area (Å²) in [6.45, 7) is 9.15. The van der Waals surface area contributed by atoms with Crippen molar-refractivity contribution in [3.8, 4) is 0 Å². The molecule has 0 aromatic heterocycles. The molecule has 0 radical (unpaired) electrons. The van der Waals surface area contributed by atoms with Crippen LogP contribution in [0.2, 0.25) is 0 Å². The van der Waals surface area contributed by atoms with Crippen LogP contribution in [0.5, 0.6) is 0 Å². The van der Waals surface area contributed by atoms with Gasteiger partial charge in [-0.3, -0.25) is 0 Å². The molecule has 0 aliphatic heterocycles. The summed E-state index contributed by atoms with van der Waals surface area (Å²) in [5.74, 6) is 0.861. The Labute approximate surface area is 103 Å². The van der Waals surface area contributed by atoms with Crippen LogP contribution >= 0.6 is 0 Å². The minimum atomic E-state index is 0.861. The average Bonchev–Trinajstić information content (AvgIpc) is 2.30. The number of nitrogens with one attached hydrogen (secondary N) is 1. The van der Waals surface area contributed by atoms with Gasteiger partial charge in [-0.1, -0.05) is 72.1 Å². The molecule has 0 rings (SSSR count). The maximum absolute atomic E-state index is 3.42. The normalized spacial score (nSPS) is 12.9. The molecule has 0 saturated heterocycles. The van der Waals surface area contributed by atoms with E-state index in [1.807, 2.05) is 0 Å². The van der Waals surface area contributed by atoms with Crippen molar-refractivity contribution < 1.29 is 0 Å². The van der Waals surface area contributed by atoms with Gasteiger partial charge in [-0.05, 0) is 25.4 Å². The maximum Gasteiger partial charge on any atom is -0.00233 e. The van der Waals surface area contributed by atoms with Gasteiger partial charge in [0.05, 0.1) is 0 Å².